The van der Waals surface area contributed by atoms with Crippen LogP contribution in [-0.4, -0.2) is 18.9 Å². The summed E-state index contributed by atoms with van der Waals surface area (Å²) < 4.78 is 4.75. The van der Waals surface area contributed by atoms with Crippen LogP contribution in [0.15, 0.2) is 48.5 Å². The van der Waals surface area contributed by atoms with Gasteiger partial charge < -0.3 is 4.74 Å². The van der Waals surface area contributed by atoms with Gasteiger partial charge in [-0.3, -0.25) is 4.79 Å². The van der Waals surface area contributed by atoms with Gasteiger partial charge in [-0.05, 0) is 30.2 Å². The van der Waals surface area contributed by atoms with E-state index in [0.29, 0.717) is 17.0 Å². The van der Waals surface area contributed by atoms with Crippen LogP contribution in [0.5, 0.6) is 0 Å². The average Bonchev–Trinajstić information content (AvgIpc) is 2.55. The zero-order valence-electron chi connectivity index (χ0n) is 12.5. The molecule has 0 aliphatic carbocycles. The first kappa shape index (κ1) is 16.2. The quantitative estimate of drug-likeness (QED) is 0.602. The maximum Gasteiger partial charge on any atom is 0.338 e. The molecule has 22 heavy (non-hydrogen) atoms. The molecule has 2 aromatic rings. The molecule has 0 radical (unpaired) electrons. The molecule has 0 aromatic heterocycles. The van der Waals surface area contributed by atoms with Crippen LogP contribution in [0.3, 0.4) is 0 Å². The SMILES string of the molecule is CCC(C(=O)c1ccc(Cl)cc1C(=O)OC)c1ccccc1. The molecule has 114 valence electrons. The second-order valence-electron chi connectivity index (χ2n) is 4.92. The Kier molecular flexibility index (Phi) is 5.34. The fraction of sp³-hybridized carbons (Fsp3) is 0.222. The lowest BCUT2D eigenvalue weighted by molar-refractivity contribution is 0.0596. The monoisotopic (exact) mass is 316 g/mol. The van der Waals surface area contributed by atoms with Crippen LogP contribution in [-0.2, 0) is 4.74 Å². The third-order valence-electron chi connectivity index (χ3n) is 3.58. The number of Topliss-reactive ketones (excluding diaryl/α,β-unsaturated/α-hetero) is 1. The third-order valence-corrected chi connectivity index (χ3v) is 3.81. The number of esters is 1. The Morgan fingerprint density at radius 1 is 1.09 bits per heavy atom. The topological polar surface area (TPSA) is 43.4 Å². The summed E-state index contributed by atoms with van der Waals surface area (Å²) >= 11 is 5.93. The fourth-order valence-electron chi connectivity index (χ4n) is 2.46. The van der Waals surface area contributed by atoms with Crippen LogP contribution in [0, 0.1) is 0 Å². The highest BCUT2D eigenvalue weighted by atomic mass is 35.5. The second-order valence-corrected chi connectivity index (χ2v) is 5.35. The molecule has 1 unspecified atom stereocenters. The first-order valence-electron chi connectivity index (χ1n) is 7.05. The van der Waals surface area contributed by atoms with Crippen LogP contribution in [0.1, 0.15) is 45.5 Å². The summed E-state index contributed by atoms with van der Waals surface area (Å²) in [5.74, 6) is -0.967. The van der Waals surface area contributed by atoms with E-state index in [0.717, 1.165) is 5.56 Å². The van der Waals surface area contributed by atoms with Crippen molar-refractivity contribution in [2.75, 3.05) is 7.11 Å². The van der Waals surface area contributed by atoms with Gasteiger partial charge in [0, 0.05) is 16.5 Å². The summed E-state index contributed by atoms with van der Waals surface area (Å²) in [4.78, 5) is 24.8. The second kappa shape index (κ2) is 7.23. The molecule has 0 aliphatic heterocycles. The molecule has 0 bridgehead atoms. The van der Waals surface area contributed by atoms with Gasteiger partial charge in [0.05, 0.1) is 12.7 Å². The van der Waals surface area contributed by atoms with E-state index < -0.39 is 5.97 Å². The van der Waals surface area contributed by atoms with Crippen molar-refractivity contribution in [3.63, 3.8) is 0 Å². The van der Waals surface area contributed by atoms with Gasteiger partial charge >= 0.3 is 5.97 Å². The standard InChI is InChI=1S/C18H17ClO3/c1-3-14(12-7-5-4-6-8-12)17(20)15-10-9-13(19)11-16(15)18(21)22-2/h4-11,14H,3H2,1-2H3. The first-order chi connectivity index (χ1) is 10.6. The summed E-state index contributed by atoms with van der Waals surface area (Å²) in [5, 5.41) is 0.393. The molecular weight excluding hydrogens is 300 g/mol. The number of carbonyl (C=O) groups is 2. The van der Waals surface area contributed by atoms with Gasteiger partial charge in [0.15, 0.2) is 5.78 Å². The Balaban J connectivity index is 2.46. The van der Waals surface area contributed by atoms with Gasteiger partial charge in [-0.2, -0.15) is 0 Å². The van der Waals surface area contributed by atoms with Crippen LogP contribution in [0.25, 0.3) is 0 Å². The lowest BCUT2D eigenvalue weighted by atomic mass is 9.87. The van der Waals surface area contributed by atoms with Crippen molar-refractivity contribution in [1.29, 1.82) is 0 Å². The molecule has 0 amide bonds. The first-order valence-corrected chi connectivity index (χ1v) is 7.43. The molecule has 0 saturated heterocycles. The van der Waals surface area contributed by atoms with E-state index in [1.165, 1.54) is 13.2 Å². The van der Waals surface area contributed by atoms with Crippen molar-refractivity contribution < 1.29 is 14.3 Å². The Hall–Kier alpha value is -2.13. The van der Waals surface area contributed by atoms with E-state index in [4.69, 9.17) is 16.3 Å². The molecule has 0 N–H and O–H groups in total. The summed E-state index contributed by atoms with van der Waals surface area (Å²) in [7, 11) is 1.28. The van der Waals surface area contributed by atoms with Gasteiger partial charge in [0.2, 0.25) is 0 Å². The summed E-state index contributed by atoms with van der Waals surface area (Å²) in [6.07, 6.45) is 0.645. The van der Waals surface area contributed by atoms with Gasteiger partial charge in [-0.15, -0.1) is 0 Å². The molecule has 0 spiro atoms. The minimum Gasteiger partial charge on any atom is -0.465 e. The van der Waals surface area contributed by atoms with Gasteiger partial charge in [0.1, 0.15) is 0 Å². The van der Waals surface area contributed by atoms with Crippen molar-refractivity contribution in [2.45, 2.75) is 19.3 Å². The third kappa shape index (κ3) is 3.37. The van der Waals surface area contributed by atoms with E-state index in [-0.39, 0.29) is 17.3 Å². The smallest absolute Gasteiger partial charge is 0.338 e. The molecule has 2 aromatic carbocycles. The summed E-state index contributed by atoms with van der Waals surface area (Å²) in [5.41, 5.74) is 1.47. The Morgan fingerprint density at radius 2 is 1.77 bits per heavy atom. The molecule has 2 rings (SSSR count). The molecule has 0 saturated carbocycles. The normalized spacial score (nSPS) is 11.8. The molecule has 0 heterocycles. The summed E-state index contributed by atoms with van der Waals surface area (Å²) in [6, 6.07) is 14.2. The highest BCUT2D eigenvalue weighted by Gasteiger charge is 2.25. The van der Waals surface area contributed by atoms with Crippen molar-refractivity contribution in [2.24, 2.45) is 0 Å². The molecule has 3 nitrogen and oxygen atoms in total. The molecule has 0 fully saturated rings. The van der Waals surface area contributed by atoms with E-state index in [2.05, 4.69) is 0 Å². The van der Waals surface area contributed by atoms with E-state index in [1.807, 2.05) is 37.3 Å². The molecule has 1 atom stereocenters. The number of methoxy groups -OCH3 is 1. The van der Waals surface area contributed by atoms with E-state index >= 15 is 0 Å². The fourth-order valence-corrected chi connectivity index (χ4v) is 2.63. The van der Waals surface area contributed by atoms with Crippen LogP contribution < -0.4 is 0 Å². The Labute approximate surface area is 134 Å². The van der Waals surface area contributed by atoms with Gasteiger partial charge in [0.25, 0.3) is 0 Å². The minimum atomic E-state index is -0.561. The zero-order valence-corrected chi connectivity index (χ0v) is 13.3. The van der Waals surface area contributed by atoms with Crippen molar-refractivity contribution in [3.05, 3.63) is 70.2 Å². The zero-order chi connectivity index (χ0) is 16.1. The van der Waals surface area contributed by atoms with Crippen LogP contribution in [0.2, 0.25) is 5.02 Å². The van der Waals surface area contributed by atoms with Crippen molar-refractivity contribution >= 4 is 23.4 Å². The number of hydrogen-bond acceptors (Lipinski definition) is 3. The number of ether oxygens (including phenoxy) is 1. The van der Waals surface area contributed by atoms with E-state index in [9.17, 15) is 9.59 Å². The van der Waals surface area contributed by atoms with Crippen LogP contribution in [0.4, 0.5) is 0 Å². The lowest BCUT2D eigenvalue weighted by Crippen LogP contribution is -2.17. The van der Waals surface area contributed by atoms with Gasteiger partial charge in [-0.25, -0.2) is 4.79 Å². The van der Waals surface area contributed by atoms with Crippen molar-refractivity contribution in [3.8, 4) is 0 Å². The lowest BCUT2D eigenvalue weighted by Gasteiger charge is -2.16. The predicted molar refractivity (Wildman–Crippen MR) is 86.6 cm³/mol. The number of halogens is 1. The van der Waals surface area contributed by atoms with Gasteiger partial charge in [-0.1, -0.05) is 48.9 Å². The minimum absolute atomic E-state index is 0.106. The molecular formula is C18H17ClO3. The number of ketones is 1. The van der Waals surface area contributed by atoms with E-state index in [1.54, 1.807) is 12.1 Å². The molecule has 4 heteroatoms. The highest BCUT2D eigenvalue weighted by Crippen LogP contribution is 2.27. The number of carbonyl (C=O) groups excluding carboxylic acids is 2. The Morgan fingerprint density at radius 3 is 2.36 bits per heavy atom. The number of hydrogen-bond donors (Lipinski definition) is 0. The predicted octanol–water partition coefficient (Wildman–Crippen LogP) is 4.50. The largest absolute Gasteiger partial charge is 0.465 e. The van der Waals surface area contributed by atoms with Crippen molar-refractivity contribution in [1.82, 2.24) is 0 Å². The highest BCUT2D eigenvalue weighted by molar-refractivity contribution is 6.31. The Bertz CT molecular complexity index is 680. The summed E-state index contributed by atoms with van der Waals surface area (Å²) in [6.45, 7) is 1.95. The maximum atomic E-state index is 12.9. The van der Waals surface area contributed by atoms with Crippen LogP contribution >= 0.6 is 11.6 Å². The average molecular weight is 317 g/mol. The number of rotatable bonds is 5. The molecule has 0 aliphatic rings. The number of benzene rings is 2. The maximum absolute atomic E-state index is 12.9.